The number of aromatic nitrogens is 2. The van der Waals surface area contributed by atoms with Crippen LogP contribution in [0.15, 0.2) is 42.7 Å². The predicted molar refractivity (Wildman–Crippen MR) is 133 cm³/mol. The number of nitrogens with zero attached hydrogens (tertiary/aromatic N) is 3. The van der Waals surface area contributed by atoms with E-state index in [2.05, 4.69) is 31.0 Å². The maximum atomic E-state index is 12.6. The van der Waals surface area contributed by atoms with E-state index in [4.69, 9.17) is 4.84 Å². The zero-order valence-corrected chi connectivity index (χ0v) is 20.5. The van der Waals surface area contributed by atoms with Crippen molar-refractivity contribution in [2.75, 3.05) is 29.9 Å². The van der Waals surface area contributed by atoms with E-state index in [9.17, 15) is 14.4 Å². The van der Waals surface area contributed by atoms with Gasteiger partial charge < -0.3 is 20.4 Å². The molecule has 0 aliphatic carbocycles. The number of carbonyl (C=O) groups is 3. The number of amides is 2. The minimum Gasteiger partial charge on any atom is -0.371 e. The quantitative estimate of drug-likeness (QED) is 0.491. The summed E-state index contributed by atoms with van der Waals surface area (Å²) >= 11 is 0. The Bertz CT molecular complexity index is 1000. The van der Waals surface area contributed by atoms with Gasteiger partial charge >= 0.3 is 5.97 Å². The Morgan fingerprint density at radius 3 is 2.49 bits per heavy atom. The van der Waals surface area contributed by atoms with E-state index < -0.39 is 5.97 Å². The second-order valence-electron chi connectivity index (χ2n) is 9.77. The van der Waals surface area contributed by atoms with E-state index in [0.29, 0.717) is 17.6 Å². The first kappa shape index (κ1) is 25.9. The van der Waals surface area contributed by atoms with Crippen molar-refractivity contribution in [2.24, 2.45) is 5.41 Å². The van der Waals surface area contributed by atoms with Crippen molar-refractivity contribution >= 4 is 29.4 Å². The van der Waals surface area contributed by atoms with Crippen LogP contribution in [-0.2, 0) is 14.4 Å². The maximum Gasteiger partial charge on any atom is 0.334 e. The molecule has 0 bridgehead atoms. The monoisotopic (exact) mass is 482 g/mol. The van der Waals surface area contributed by atoms with Crippen molar-refractivity contribution in [3.8, 4) is 0 Å². The van der Waals surface area contributed by atoms with E-state index in [1.807, 2.05) is 39.0 Å². The van der Waals surface area contributed by atoms with Crippen LogP contribution in [0.25, 0.3) is 0 Å². The zero-order chi connectivity index (χ0) is 25.3. The highest BCUT2D eigenvalue weighted by Crippen LogP contribution is 2.22. The smallest absolute Gasteiger partial charge is 0.334 e. The summed E-state index contributed by atoms with van der Waals surface area (Å²) in [6.07, 6.45) is 5.49. The van der Waals surface area contributed by atoms with Crippen molar-refractivity contribution in [2.45, 2.75) is 52.5 Å². The van der Waals surface area contributed by atoms with Gasteiger partial charge in [-0.05, 0) is 42.5 Å². The minimum absolute atomic E-state index is 0.0487. The molecule has 0 atom stereocenters. The van der Waals surface area contributed by atoms with E-state index in [1.54, 1.807) is 24.5 Å². The minimum atomic E-state index is -0.612. The number of hydrogen-bond donors (Lipinski definition) is 3. The van der Waals surface area contributed by atoms with Gasteiger partial charge in [-0.1, -0.05) is 26.8 Å². The highest BCUT2D eigenvalue weighted by Gasteiger charge is 2.21. The average molecular weight is 483 g/mol. The highest BCUT2D eigenvalue weighted by atomic mass is 16.7. The molecule has 1 fully saturated rings. The van der Waals surface area contributed by atoms with Gasteiger partial charge in [0.2, 0.25) is 5.95 Å². The normalized spacial score (nSPS) is 14.2. The third-order valence-electron chi connectivity index (χ3n) is 5.45. The third-order valence-corrected chi connectivity index (χ3v) is 5.45. The van der Waals surface area contributed by atoms with Crippen LogP contribution in [0.1, 0.15) is 56.8 Å². The van der Waals surface area contributed by atoms with Gasteiger partial charge in [-0.2, -0.15) is 5.48 Å². The highest BCUT2D eigenvalue weighted by molar-refractivity contribution is 5.95. The molecule has 1 aliphatic heterocycles. The summed E-state index contributed by atoms with van der Waals surface area (Å²) in [6, 6.07) is 9.53. The number of nitrogens with one attached hydrogen (secondary N) is 3. The average Bonchev–Trinajstić information content (AvgIpc) is 2.83. The lowest BCUT2D eigenvalue weighted by atomic mass is 9.92. The molecule has 1 saturated heterocycles. The molecule has 3 N–H and O–H groups in total. The summed E-state index contributed by atoms with van der Waals surface area (Å²) in [7, 11) is 0. The Hall–Kier alpha value is -3.69. The number of carbonyl (C=O) groups excluding carboxylic acids is 3. The molecular weight excluding hydrogens is 448 g/mol. The van der Waals surface area contributed by atoms with Gasteiger partial charge in [0, 0.05) is 55.7 Å². The Morgan fingerprint density at radius 2 is 1.80 bits per heavy atom. The van der Waals surface area contributed by atoms with Crippen molar-refractivity contribution in [3.63, 3.8) is 0 Å². The van der Waals surface area contributed by atoms with E-state index in [0.717, 1.165) is 31.6 Å². The second-order valence-corrected chi connectivity index (χ2v) is 9.77. The van der Waals surface area contributed by atoms with E-state index in [1.165, 1.54) is 0 Å². The zero-order valence-electron chi connectivity index (χ0n) is 20.5. The lowest BCUT2D eigenvalue weighted by molar-refractivity contribution is -0.158. The van der Waals surface area contributed by atoms with Gasteiger partial charge in [-0.3, -0.25) is 9.59 Å². The molecule has 188 valence electrons. The summed E-state index contributed by atoms with van der Waals surface area (Å²) in [5.41, 5.74) is 3.45. The molecule has 0 unspecified atom stereocenters. The largest absolute Gasteiger partial charge is 0.371 e. The summed E-state index contributed by atoms with van der Waals surface area (Å²) in [4.78, 5) is 51.6. The number of hydrogen-bond acceptors (Lipinski definition) is 8. The van der Waals surface area contributed by atoms with Gasteiger partial charge in [-0.15, -0.1) is 0 Å². The molecule has 0 spiro atoms. The van der Waals surface area contributed by atoms with Crippen molar-refractivity contribution in [1.82, 2.24) is 20.8 Å². The molecule has 0 radical (unpaired) electrons. The first-order valence-electron chi connectivity index (χ1n) is 11.8. The van der Waals surface area contributed by atoms with E-state index in [-0.39, 0.29) is 36.6 Å². The lowest BCUT2D eigenvalue weighted by Crippen LogP contribution is -2.39. The number of hydroxylamine groups is 1. The molecule has 1 aromatic heterocycles. The Morgan fingerprint density at radius 1 is 1.09 bits per heavy atom. The first-order chi connectivity index (χ1) is 16.7. The molecule has 10 nitrogen and oxygen atoms in total. The topological polar surface area (TPSA) is 126 Å². The molecule has 0 saturated carbocycles. The Kier molecular flexibility index (Phi) is 8.99. The summed E-state index contributed by atoms with van der Waals surface area (Å²) in [5.74, 6) is -0.603. The van der Waals surface area contributed by atoms with Gasteiger partial charge in [-0.25, -0.2) is 14.8 Å². The molecule has 2 heterocycles. The number of piperidine rings is 1. The summed E-state index contributed by atoms with van der Waals surface area (Å²) in [6.45, 7) is 7.55. The van der Waals surface area contributed by atoms with Crippen LogP contribution in [0.4, 0.5) is 11.6 Å². The molecule has 2 aromatic rings. The van der Waals surface area contributed by atoms with Crippen LogP contribution < -0.4 is 21.0 Å². The molecular formula is C25H34N6O4. The van der Waals surface area contributed by atoms with Gasteiger partial charge in [0.05, 0.1) is 6.42 Å². The Balaban J connectivity index is 1.40. The second kappa shape index (κ2) is 12.1. The van der Waals surface area contributed by atoms with Gasteiger partial charge in [0.1, 0.15) is 0 Å². The fourth-order valence-electron chi connectivity index (χ4n) is 3.74. The van der Waals surface area contributed by atoms with Crippen LogP contribution in [0.2, 0.25) is 0 Å². The molecule has 2 amide bonds. The molecule has 1 aliphatic rings. The molecule has 10 heteroatoms. The molecule has 35 heavy (non-hydrogen) atoms. The summed E-state index contributed by atoms with van der Waals surface area (Å²) < 4.78 is 0. The van der Waals surface area contributed by atoms with Crippen LogP contribution in [0.5, 0.6) is 0 Å². The molecule has 1 aromatic carbocycles. The van der Waals surface area contributed by atoms with Gasteiger partial charge in [0.15, 0.2) is 0 Å². The number of anilines is 2. The standard InChI is InChI=1S/C25H34N6O4/c1-25(2,3)17-21(32)30-35-22(33)8-13-26-23(34)18-6-4-7-20(16-18)31-14-9-19(10-15-31)29-24-27-11-5-12-28-24/h4-7,11-12,16,19H,8-10,13-15,17H2,1-3H3,(H,26,34)(H,30,32)(H,27,28,29). The number of rotatable bonds is 8. The number of benzene rings is 1. The third kappa shape index (κ3) is 8.88. The lowest BCUT2D eigenvalue weighted by Gasteiger charge is -2.34. The van der Waals surface area contributed by atoms with Crippen LogP contribution in [0.3, 0.4) is 0 Å². The fourth-order valence-corrected chi connectivity index (χ4v) is 3.74. The van der Waals surface area contributed by atoms with Crippen molar-refractivity contribution in [3.05, 3.63) is 48.3 Å². The van der Waals surface area contributed by atoms with Crippen LogP contribution in [-0.4, -0.2) is 53.4 Å². The van der Waals surface area contributed by atoms with Crippen LogP contribution >= 0.6 is 0 Å². The van der Waals surface area contributed by atoms with Crippen molar-refractivity contribution in [1.29, 1.82) is 0 Å². The Labute approximate surface area is 205 Å². The fraction of sp³-hybridized carbons (Fsp3) is 0.480. The molecule has 3 rings (SSSR count). The summed E-state index contributed by atoms with van der Waals surface area (Å²) in [5, 5.41) is 6.09. The predicted octanol–water partition coefficient (Wildman–Crippen LogP) is 2.69. The van der Waals surface area contributed by atoms with Crippen LogP contribution in [0, 0.1) is 5.41 Å². The first-order valence-corrected chi connectivity index (χ1v) is 11.8. The van der Waals surface area contributed by atoms with Crippen molar-refractivity contribution < 1.29 is 19.2 Å². The maximum absolute atomic E-state index is 12.6. The van der Waals surface area contributed by atoms with Gasteiger partial charge in [0.25, 0.3) is 11.8 Å². The van der Waals surface area contributed by atoms with E-state index >= 15 is 0 Å². The SMILES string of the molecule is CC(C)(C)CC(=O)NOC(=O)CCNC(=O)c1cccc(N2CCC(Nc3ncccn3)CC2)c1.